The molecular formula is C15H8N4O3S2. The van der Waals surface area contributed by atoms with Crippen LogP contribution in [0.25, 0.3) is 21.7 Å². The first-order valence-corrected chi connectivity index (χ1v) is 8.51. The van der Waals surface area contributed by atoms with Gasteiger partial charge in [0.1, 0.15) is 0 Å². The predicted molar refractivity (Wildman–Crippen MR) is 92.3 cm³/mol. The van der Waals surface area contributed by atoms with Crippen LogP contribution in [0.1, 0.15) is 5.56 Å². The van der Waals surface area contributed by atoms with Crippen LogP contribution in [0.15, 0.2) is 46.6 Å². The number of nitro groups is 1. The lowest BCUT2D eigenvalue weighted by molar-refractivity contribution is -0.384. The van der Waals surface area contributed by atoms with E-state index in [9.17, 15) is 14.9 Å². The first-order chi connectivity index (χ1) is 11.6. The van der Waals surface area contributed by atoms with E-state index in [2.05, 4.69) is 10.1 Å². The number of thiazole rings is 1. The summed E-state index contributed by atoms with van der Waals surface area (Å²) in [5.74, 6) is 0.537. The van der Waals surface area contributed by atoms with Gasteiger partial charge in [-0.1, -0.05) is 17.4 Å². The second kappa shape index (κ2) is 5.62. The second-order valence-corrected chi connectivity index (χ2v) is 6.83. The van der Waals surface area contributed by atoms with Crippen LogP contribution in [0.4, 0.5) is 5.69 Å². The lowest BCUT2D eigenvalue weighted by atomic mass is 10.2. The summed E-state index contributed by atoms with van der Waals surface area (Å²) < 4.78 is 1.77. The maximum absolute atomic E-state index is 12.4. The molecular weight excluding hydrogens is 348 g/mol. The molecule has 0 unspecified atom stereocenters. The highest BCUT2D eigenvalue weighted by Gasteiger charge is 2.12. The Bertz CT molecular complexity index is 1140. The first-order valence-electron chi connectivity index (χ1n) is 6.81. The van der Waals surface area contributed by atoms with Crippen LogP contribution in [-0.4, -0.2) is 19.5 Å². The molecule has 1 aromatic carbocycles. The highest BCUT2D eigenvalue weighted by molar-refractivity contribution is 7.15. The number of nitrogens with zero attached hydrogens (tertiary/aromatic N) is 4. The third kappa shape index (κ3) is 2.49. The molecule has 3 heterocycles. The number of thiophene rings is 1. The molecule has 0 aliphatic heterocycles. The van der Waals surface area contributed by atoms with E-state index in [1.807, 2.05) is 17.5 Å². The summed E-state index contributed by atoms with van der Waals surface area (Å²) in [4.78, 5) is 28.5. The SMILES string of the molecule is O=c1/c(=C\c2ccc([N+](=O)[O-])cc2)sc2nc(-c3cccs3)nn12. The van der Waals surface area contributed by atoms with E-state index in [-0.39, 0.29) is 11.2 Å². The quantitative estimate of drug-likeness (QED) is 0.415. The molecule has 4 aromatic rings. The number of fused-ring (bicyclic) bond motifs is 1. The minimum absolute atomic E-state index is 0.0118. The van der Waals surface area contributed by atoms with Crippen molar-refractivity contribution < 1.29 is 4.92 Å². The van der Waals surface area contributed by atoms with Gasteiger partial charge in [-0.2, -0.15) is 9.50 Å². The number of aromatic nitrogens is 3. The zero-order chi connectivity index (χ0) is 16.7. The van der Waals surface area contributed by atoms with E-state index in [0.717, 1.165) is 4.88 Å². The number of hydrogen-bond donors (Lipinski definition) is 0. The zero-order valence-electron chi connectivity index (χ0n) is 11.9. The molecule has 0 amide bonds. The van der Waals surface area contributed by atoms with Crippen molar-refractivity contribution in [2.24, 2.45) is 0 Å². The van der Waals surface area contributed by atoms with Gasteiger partial charge in [0, 0.05) is 12.1 Å². The molecule has 9 heteroatoms. The van der Waals surface area contributed by atoms with Crippen molar-refractivity contribution in [3.63, 3.8) is 0 Å². The van der Waals surface area contributed by atoms with Crippen LogP contribution in [0.5, 0.6) is 0 Å². The molecule has 24 heavy (non-hydrogen) atoms. The second-order valence-electron chi connectivity index (χ2n) is 4.87. The van der Waals surface area contributed by atoms with Crippen LogP contribution in [0.2, 0.25) is 0 Å². The van der Waals surface area contributed by atoms with E-state index >= 15 is 0 Å². The topological polar surface area (TPSA) is 90.4 Å². The molecule has 0 aliphatic carbocycles. The number of nitro benzene ring substituents is 1. The van der Waals surface area contributed by atoms with Gasteiger partial charge in [-0.3, -0.25) is 14.9 Å². The van der Waals surface area contributed by atoms with Crippen molar-refractivity contribution in [2.75, 3.05) is 0 Å². The maximum atomic E-state index is 12.4. The number of benzene rings is 1. The van der Waals surface area contributed by atoms with Crippen LogP contribution in [-0.2, 0) is 0 Å². The van der Waals surface area contributed by atoms with Crippen LogP contribution in [0, 0.1) is 10.1 Å². The molecule has 3 aromatic heterocycles. The largest absolute Gasteiger partial charge is 0.291 e. The van der Waals surface area contributed by atoms with Gasteiger partial charge in [-0.15, -0.1) is 16.4 Å². The standard InChI is InChI=1S/C15H8N4O3S2/c20-14-12(8-9-3-5-10(6-4-9)19(21)22)24-15-16-13(17-18(14)15)11-2-1-7-23-11/h1-8H/b12-8+. The van der Waals surface area contributed by atoms with Crippen molar-refractivity contribution in [1.29, 1.82) is 0 Å². The summed E-state index contributed by atoms with van der Waals surface area (Å²) in [6.07, 6.45) is 1.68. The monoisotopic (exact) mass is 356 g/mol. The summed E-state index contributed by atoms with van der Waals surface area (Å²) >= 11 is 2.75. The van der Waals surface area contributed by atoms with Crippen molar-refractivity contribution in [2.45, 2.75) is 0 Å². The summed E-state index contributed by atoms with van der Waals surface area (Å²) in [7, 11) is 0. The van der Waals surface area contributed by atoms with Crippen LogP contribution in [0.3, 0.4) is 0 Å². The van der Waals surface area contributed by atoms with Crippen molar-refractivity contribution >= 4 is 39.4 Å². The smallest absolute Gasteiger partial charge is 0.266 e. The van der Waals surface area contributed by atoms with E-state index in [1.165, 1.54) is 39.3 Å². The molecule has 0 bridgehead atoms. The highest BCUT2D eigenvalue weighted by atomic mass is 32.1. The Morgan fingerprint density at radius 1 is 1.21 bits per heavy atom. The molecule has 0 aliphatic rings. The molecule has 4 rings (SSSR count). The molecule has 0 radical (unpaired) electrons. The van der Waals surface area contributed by atoms with E-state index in [1.54, 1.807) is 18.2 Å². The average Bonchev–Trinajstić information content (AvgIpc) is 3.27. The van der Waals surface area contributed by atoms with E-state index in [4.69, 9.17) is 0 Å². The van der Waals surface area contributed by atoms with Crippen LogP contribution >= 0.6 is 22.7 Å². The lowest BCUT2D eigenvalue weighted by Gasteiger charge is -1.92. The highest BCUT2D eigenvalue weighted by Crippen LogP contribution is 2.21. The number of hydrogen-bond acceptors (Lipinski definition) is 7. The molecule has 118 valence electrons. The Hall–Kier alpha value is -2.91. The Morgan fingerprint density at radius 2 is 2.00 bits per heavy atom. The van der Waals surface area contributed by atoms with Crippen molar-refractivity contribution in [1.82, 2.24) is 14.6 Å². The van der Waals surface area contributed by atoms with Gasteiger partial charge in [-0.25, -0.2) is 0 Å². The maximum Gasteiger partial charge on any atom is 0.291 e. The molecule has 0 fully saturated rings. The van der Waals surface area contributed by atoms with Crippen molar-refractivity contribution in [3.8, 4) is 10.7 Å². The van der Waals surface area contributed by atoms with E-state index in [0.29, 0.717) is 20.9 Å². The van der Waals surface area contributed by atoms with E-state index < -0.39 is 4.92 Å². The van der Waals surface area contributed by atoms with Gasteiger partial charge in [0.25, 0.3) is 11.2 Å². The fourth-order valence-electron chi connectivity index (χ4n) is 2.19. The predicted octanol–water partition coefficient (Wildman–Crippen LogP) is 2.34. The molecule has 0 saturated heterocycles. The third-order valence-corrected chi connectivity index (χ3v) is 5.15. The number of non-ortho nitro benzene ring substituents is 1. The van der Waals surface area contributed by atoms with Gasteiger partial charge in [0.05, 0.1) is 14.3 Å². The zero-order valence-corrected chi connectivity index (χ0v) is 13.6. The van der Waals surface area contributed by atoms with Crippen LogP contribution < -0.4 is 10.1 Å². The van der Waals surface area contributed by atoms with Gasteiger partial charge in [0.15, 0.2) is 5.82 Å². The van der Waals surface area contributed by atoms with Gasteiger partial charge < -0.3 is 0 Å². The lowest BCUT2D eigenvalue weighted by Crippen LogP contribution is -2.23. The van der Waals surface area contributed by atoms with Gasteiger partial charge in [-0.05, 0) is 35.2 Å². The normalized spacial score (nSPS) is 12.1. The van der Waals surface area contributed by atoms with Crippen molar-refractivity contribution in [3.05, 3.63) is 72.3 Å². The molecule has 0 N–H and O–H groups in total. The molecule has 0 spiro atoms. The summed E-state index contributed by atoms with van der Waals surface area (Å²) in [6, 6.07) is 9.82. The molecule has 7 nitrogen and oxygen atoms in total. The fourth-order valence-corrected chi connectivity index (χ4v) is 3.75. The molecule has 0 saturated carbocycles. The Morgan fingerprint density at radius 3 is 2.62 bits per heavy atom. The Kier molecular flexibility index (Phi) is 3.44. The minimum Gasteiger partial charge on any atom is -0.266 e. The summed E-state index contributed by atoms with van der Waals surface area (Å²) in [5, 5.41) is 16.9. The minimum atomic E-state index is -0.460. The summed E-state index contributed by atoms with van der Waals surface area (Å²) in [6.45, 7) is 0. The third-order valence-electron chi connectivity index (χ3n) is 3.33. The number of rotatable bonds is 3. The Labute approximate surface area is 142 Å². The van der Waals surface area contributed by atoms with Gasteiger partial charge in [0.2, 0.25) is 4.96 Å². The Balaban J connectivity index is 1.77. The first kappa shape index (κ1) is 14.7. The van der Waals surface area contributed by atoms with Gasteiger partial charge >= 0.3 is 0 Å². The average molecular weight is 356 g/mol. The fraction of sp³-hybridized carbons (Fsp3) is 0. The molecule has 0 atom stereocenters. The summed E-state index contributed by atoms with van der Waals surface area (Å²) in [5.41, 5.74) is 0.474.